The third-order valence-corrected chi connectivity index (χ3v) is 6.24. The number of likely N-dealkylation sites (tertiary alicyclic amines) is 1. The molecule has 1 saturated carbocycles. The lowest BCUT2D eigenvalue weighted by Gasteiger charge is -2.43. The van der Waals surface area contributed by atoms with Crippen molar-refractivity contribution in [2.45, 2.75) is 65.2 Å². The third kappa shape index (κ3) is 3.22. The van der Waals surface area contributed by atoms with Crippen molar-refractivity contribution in [3.8, 4) is 0 Å². The van der Waals surface area contributed by atoms with Crippen LogP contribution in [0.25, 0.3) is 0 Å². The van der Waals surface area contributed by atoms with Crippen molar-refractivity contribution in [2.75, 3.05) is 27.2 Å². The van der Waals surface area contributed by atoms with E-state index in [4.69, 9.17) is 0 Å². The van der Waals surface area contributed by atoms with Crippen LogP contribution < -0.4 is 0 Å². The number of hydrogen-bond acceptors (Lipinski definition) is 3. The zero-order valence-corrected chi connectivity index (χ0v) is 14.8. The topological polar surface area (TPSA) is 40.6 Å². The highest BCUT2D eigenvalue weighted by Crippen LogP contribution is 2.53. The predicted octanol–water partition coefficient (Wildman–Crippen LogP) is 3.06. The number of hydrogen-bond donors (Lipinski definition) is 0. The largest absolute Gasteiger partial charge is 0.309 e. The molecule has 0 aromatic rings. The molecule has 0 atom stereocenters. The minimum Gasteiger partial charge on any atom is -0.309 e. The smallest absolute Gasteiger partial charge is 0.235 e. The van der Waals surface area contributed by atoms with Crippen molar-refractivity contribution in [3.63, 3.8) is 0 Å². The van der Waals surface area contributed by atoms with Crippen molar-refractivity contribution in [3.05, 3.63) is 0 Å². The van der Waals surface area contributed by atoms with Gasteiger partial charge < -0.3 is 4.90 Å². The second kappa shape index (κ2) is 6.69. The summed E-state index contributed by atoms with van der Waals surface area (Å²) in [5.41, 5.74) is 0.0515. The summed E-state index contributed by atoms with van der Waals surface area (Å²) in [6.07, 6.45) is 7.72. The van der Waals surface area contributed by atoms with Crippen LogP contribution in [0, 0.1) is 10.8 Å². The standard InChI is InChI=1S/C18H32N2O2/c1-5-17(6-2)8-10-18(11-9-17)14-15(21)20(16(18)22)13-7-12-19(3)4/h5-14H2,1-4H3. The van der Waals surface area contributed by atoms with Crippen LogP contribution in [0.4, 0.5) is 0 Å². The number of amides is 2. The molecule has 2 rings (SSSR count). The second-order valence-corrected chi connectivity index (χ2v) is 7.67. The fourth-order valence-corrected chi connectivity index (χ4v) is 4.24. The van der Waals surface area contributed by atoms with Gasteiger partial charge in [-0.3, -0.25) is 14.5 Å². The molecule has 22 heavy (non-hydrogen) atoms. The molecule has 1 spiro atoms. The summed E-state index contributed by atoms with van der Waals surface area (Å²) in [5.74, 6) is 0.182. The first-order chi connectivity index (χ1) is 10.4. The zero-order valence-electron chi connectivity index (χ0n) is 14.8. The Kier molecular flexibility index (Phi) is 5.31. The Balaban J connectivity index is 1.99. The van der Waals surface area contributed by atoms with Crippen LogP contribution in [0.2, 0.25) is 0 Å². The van der Waals surface area contributed by atoms with Crippen LogP contribution in [0.3, 0.4) is 0 Å². The molecule has 0 N–H and O–H groups in total. The van der Waals surface area contributed by atoms with Gasteiger partial charge in [-0.25, -0.2) is 0 Å². The fourth-order valence-electron chi connectivity index (χ4n) is 4.24. The summed E-state index contributed by atoms with van der Waals surface area (Å²) in [4.78, 5) is 28.8. The van der Waals surface area contributed by atoms with Gasteiger partial charge in [0.25, 0.3) is 0 Å². The van der Waals surface area contributed by atoms with Crippen molar-refractivity contribution in [2.24, 2.45) is 10.8 Å². The van der Waals surface area contributed by atoms with Crippen molar-refractivity contribution >= 4 is 11.8 Å². The van der Waals surface area contributed by atoms with E-state index < -0.39 is 0 Å². The van der Waals surface area contributed by atoms with Gasteiger partial charge in [0.2, 0.25) is 11.8 Å². The maximum Gasteiger partial charge on any atom is 0.235 e. The van der Waals surface area contributed by atoms with Gasteiger partial charge in [-0.15, -0.1) is 0 Å². The maximum atomic E-state index is 12.8. The Bertz CT molecular complexity index is 417. The highest BCUT2D eigenvalue weighted by atomic mass is 16.2. The molecule has 4 nitrogen and oxygen atoms in total. The van der Waals surface area contributed by atoms with Crippen molar-refractivity contribution in [1.29, 1.82) is 0 Å². The summed E-state index contributed by atoms with van der Waals surface area (Å²) < 4.78 is 0. The number of carbonyl (C=O) groups excluding carboxylic acids is 2. The molecule has 2 amide bonds. The molecule has 2 aliphatic rings. The van der Waals surface area contributed by atoms with Crippen LogP contribution in [0.1, 0.15) is 65.2 Å². The van der Waals surface area contributed by atoms with Crippen LogP contribution in [0.15, 0.2) is 0 Å². The Morgan fingerprint density at radius 2 is 1.64 bits per heavy atom. The number of imide groups is 1. The first-order valence-corrected chi connectivity index (χ1v) is 8.87. The van der Waals surface area contributed by atoms with Crippen LogP contribution in [-0.4, -0.2) is 48.8 Å². The van der Waals surface area contributed by atoms with E-state index in [0.717, 1.165) is 38.6 Å². The average Bonchev–Trinajstić information content (AvgIpc) is 2.73. The van der Waals surface area contributed by atoms with E-state index in [1.165, 1.54) is 12.8 Å². The summed E-state index contributed by atoms with van der Waals surface area (Å²) in [7, 11) is 4.04. The van der Waals surface area contributed by atoms with Gasteiger partial charge in [-0.2, -0.15) is 0 Å². The van der Waals surface area contributed by atoms with E-state index in [2.05, 4.69) is 18.7 Å². The van der Waals surface area contributed by atoms with Crippen molar-refractivity contribution < 1.29 is 9.59 Å². The lowest BCUT2D eigenvalue weighted by molar-refractivity contribution is -0.143. The minimum absolute atomic E-state index is 0.0595. The summed E-state index contributed by atoms with van der Waals surface area (Å²) in [6.45, 7) is 6.02. The number of carbonyl (C=O) groups is 2. The molecule has 1 aliphatic carbocycles. The molecule has 126 valence electrons. The van der Waals surface area contributed by atoms with Gasteiger partial charge in [-0.05, 0) is 58.2 Å². The highest BCUT2D eigenvalue weighted by Gasteiger charge is 2.54. The first-order valence-electron chi connectivity index (χ1n) is 8.87. The van der Waals surface area contributed by atoms with E-state index in [-0.39, 0.29) is 17.2 Å². The van der Waals surface area contributed by atoms with E-state index in [9.17, 15) is 9.59 Å². The minimum atomic E-state index is -0.358. The Morgan fingerprint density at radius 1 is 1.05 bits per heavy atom. The van der Waals surface area contributed by atoms with E-state index in [1.54, 1.807) is 4.90 Å². The monoisotopic (exact) mass is 308 g/mol. The van der Waals surface area contributed by atoms with E-state index >= 15 is 0 Å². The molecule has 0 aromatic heterocycles. The van der Waals surface area contributed by atoms with Gasteiger partial charge in [0.1, 0.15) is 0 Å². The molecule has 0 unspecified atom stereocenters. The lowest BCUT2D eigenvalue weighted by Crippen LogP contribution is -2.41. The molecule has 1 aliphatic heterocycles. The first kappa shape index (κ1) is 17.5. The Morgan fingerprint density at radius 3 is 2.14 bits per heavy atom. The van der Waals surface area contributed by atoms with Gasteiger partial charge in [0, 0.05) is 13.0 Å². The van der Waals surface area contributed by atoms with Gasteiger partial charge in [0.15, 0.2) is 0 Å². The molecule has 0 aromatic carbocycles. The van der Waals surface area contributed by atoms with Gasteiger partial charge in [0.05, 0.1) is 5.41 Å². The fraction of sp³-hybridized carbons (Fsp3) is 0.889. The molecule has 2 fully saturated rings. The summed E-state index contributed by atoms with van der Waals surface area (Å²) in [5, 5.41) is 0. The van der Waals surface area contributed by atoms with Crippen LogP contribution >= 0.6 is 0 Å². The molecule has 4 heteroatoms. The molecular weight excluding hydrogens is 276 g/mol. The molecule has 1 saturated heterocycles. The average molecular weight is 308 g/mol. The van der Waals surface area contributed by atoms with Crippen LogP contribution in [0.5, 0.6) is 0 Å². The number of nitrogens with zero attached hydrogens (tertiary/aromatic N) is 2. The van der Waals surface area contributed by atoms with E-state index in [1.807, 2.05) is 14.1 Å². The van der Waals surface area contributed by atoms with Crippen molar-refractivity contribution in [1.82, 2.24) is 9.80 Å². The summed E-state index contributed by atoms with van der Waals surface area (Å²) in [6, 6.07) is 0. The third-order valence-electron chi connectivity index (χ3n) is 6.24. The molecule has 0 bridgehead atoms. The highest BCUT2D eigenvalue weighted by molar-refractivity contribution is 6.05. The quantitative estimate of drug-likeness (QED) is 0.708. The maximum absolute atomic E-state index is 12.8. The van der Waals surface area contributed by atoms with Gasteiger partial charge in [-0.1, -0.05) is 26.7 Å². The zero-order chi connectivity index (χ0) is 16.4. The molecule has 1 heterocycles. The summed E-state index contributed by atoms with van der Waals surface area (Å²) >= 11 is 0. The molecular formula is C18H32N2O2. The van der Waals surface area contributed by atoms with Crippen LogP contribution in [-0.2, 0) is 9.59 Å². The SMILES string of the molecule is CCC1(CC)CCC2(CC1)CC(=O)N(CCCN(C)C)C2=O. The second-order valence-electron chi connectivity index (χ2n) is 7.67. The van der Waals surface area contributed by atoms with Gasteiger partial charge >= 0.3 is 0 Å². The Labute approximate surface area is 135 Å². The lowest BCUT2D eigenvalue weighted by atomic mass is 9.61. The normalized spacial score (nSPS) is 23.8. The van der Waals surface area contributed by atoms with E-state index in [0.29, 0.717) is 18.4 Å². The number of rotatable bonds is 6. The Hall–Kier alpha value is -0.900. The predicted molar refractivity (Wildman–Crippen MR) is 88.4 cm³/mol. The molecule has 0 radical (unpaired) electrons.